The van der Waals surface area contributed by atoms with Crippen LogP contribution >= 0.6 is 35.0 Å². The van der Waals surface area contributed by atoms with Gasteiger partial charge in [0.2, 0.25) is 11.8 Å². The van der Waals surface area contributed by atoms with E-state index in [0.29, 0.717) is 22.2 Å². The average molecular weight is 383 g/mol. The molecule has 2 N–H and O–H groups in total. The van der Waals surface area contributed by atoms with Gasteiger partial charge in [0.05, 0.1) is 17.2 Å². The molecule has 4 nitrogen and oxygen atoms in total. The summed E-state index contributed by atoms with van der Waals surface area (Å²) < 4.78 is 0. The molecule has 0 radical (unpaired) electrons. The standard InChI is InChI=1S/C17H16Cl2N2O2S/c1-20-16(22)8-11-2-5-13(6-3-11)21-17(23)10-24-15-9-12(18)4-7-14(15)19/h2-7,9H,8,10H2,1H3,(H,20,22)(H,21,23). The van der Waals surface area contributed by atoms with Crippen molar-refractivity contribution in [3.63, 3.8) is 0 Å². The van der Waals surface area contributed by atoms with Crippen LogP contribution in [-0.4, -0.2) is 24.6 Å². The third-order valence-corrected chi connectivity index (χ3v) is 4.87. The number of rotatable bonds is 6. The second-order valence-corrected chi connectivity index (χ2v) is 6.82. The van der Waals surface area contributed by atoms with Crippen LogP contribution < -0.4 is 10.6 Å². The smallest absolute Gasteiger partial charge is 0.234 e. The Hall–Kier alpha value is -1.69. The highest BCUT2D eigenvalue weighted by Gasteiger charge is 2.08. The van der Waals surface area contributed by atoms with Gasteiger partial charge in [-0.05, 0) is 35.9 Å². The fourth-order valence-corrected chi connectivity index (χ4v) is 3.20. The number of hydrogen-bond acceptors (Lipinski definition) is 3. The summed E-state index contributed by atoms with van der Waals surface area (Å²) in [5.41, 5.74) is 1.56. The summed E-state index contributed by atoms with van der Waals surface area (Å²) in [6, 6.07) is 12.3. The lowest BCUT2D eigenvalue weighted by Crippen LogP contribution is -2.20. The zero-order chi connectivity index (χ0) is 17.5. The number of anilines is 1. The van der Waals surface area contributed by atoms with Gasteiger partial charge >= 0.3 is 0 Å². The largest absolute Gasteiger partial charge is 0.359 e. The van der Waals surface area contributed by atoms with Gasteiger partial charge in [0.15, 0.2) is 0 Å². The predicted octanol–water partition coefficient (Wildman–Crippen LogP) is 4.01. The third-order valence-electron chi connectivity index (χ3n) is 3.13. The molecule has 2 aromatic rings. The number of nitrogens with one attached hydrogen (secondary N) is 2. The number of amides is 2. The van der Waals surface area contributed by atoms with Crippen molar-refractivity contribution in [3.05, 3.63) is 58.1 Å². The fraction of sp³-hybridized carbons (Fsp3) is 0.176. The summed E-state index contributed by atoms with van der Waals surface area (Å²) in [6.07, 6.45) is 0.313. The lowest BCUT2D eigenvalue weighted by atomic mass is 10.1. The van der Waals surface area contributed by atoms with E-state index in [2.05, 4.69) is 10.6 Å². The van der Waals surface area contributed by atoms with Crippen LogP contribution in [0.2, 0.25) is 10.0 Å². The second kappa shape index (κ2) is 8.97. The zero-order valence-corrected chi connectivity index (χ0v) is 15.3. The van der Waals surface area contributed by atoms with E-state index in [4.69, 9.17) is 23.2 Å². The topological polar surface area (TPSA) is 58.2 Å². The van der Waals surface area contributed by atoms with Crippen molar-refractivity contribution < 1.29 is 9.59 Å². The maximum Gasteiger partial charge on any atom is 0.234 e. The Kier molecular flexibility index (Phi) is 6.97. The molecule has 126 valence electrons. The van der Waals surface area contributed by atoms with Crippen LogP contribution in [0.25, 0.3) is 0 Å². The second-order valence-electron chi connectivity index (χ2n) is 4.96. The fourth-order valence-electron chi connectivity index (χ4n) is 1.91. The minimum Gasteiger partial charge on any atom is -0.359 e. The van der Waals surface area contributed by atoms with E-state index in [-0.39, 0.29) is 17.6 Å². The molecule has 0 atom stereocenters. The Morgan fingerprint density at radius 1 is 1.04 bits per heavy atom. The van der Waals surface area contributed by atoms with Gasteiger partial charge in [-0.3, -0.25) is 9.59 Å². The number of halogens is 2. The van der Waals surface area contributed by atoms with Crippen LogP contribution in [0.1, 0.15) is 5.56 Å². The molecule has 0 heterocycles. The molecule has 2 rings (SSSR count). The summed E-state index contributed by atoms with van der Waals surface area (Å²) in [7, 11) is 1.60. The van der Waals surface area contributed by atoms with Gasteiger partial charge in [-0.25, -0.2) is 0 Å². The van der Waals surface area contributed by atoms with E-state index in [1.54, 1.807) is 37.4 Å². The lowest BCUT2D eigenvalue weighted by molar-refractivity contribution is -0.120. The van der Waals surface area contributed by atoms with Crippen LogP contribution in [-0.2, 0) is 16.0 Å². The number of thioether (sulfide) groups is 1. The van der Waals surface area contributed by atoms with Gasteiger partial charge < -0.3 is 10.6 Å². The predicted molar refractivity (Wildman–Crippen MR) is 100 cm³/mol. The number of hydrogen-bond donors (Lipinski definition) is 2. The normalized spacial score (nSPS) is 10.3. The van der Waals surface area contributed by atoms with Crippen molar-refractivity contribution >= 4 is 52.5 Å². The number of carbonyl (C=O) groups excluding carboxylic acids is 2. The van der Waals surface area contributed by atoms with Gasteiger partial charge in [-0.2, -0.15) is 0 Å². The first-order valence-corrected chi connectivity index (χ1v) is 8.89. The van der Waals surface area contributed by atoms with Crippen molar-refractivity contribution in [2.45, 2.75) is 11.3 Å². The summed E-state index contributed by atoms with van der Waals surface area (Å²) in [6.45, 7) is 0. The van der Waals surface area contributed by atoms with Crippen molar-refractivity contribution in [2.24, 2.45) is 0 Å². The molecule has 2 amide bonds. The van der Waals surface area contributed by atoms with Gasteiger partial charge in [-0.15, -0.1) is 11.8 Å². The Morgan fingerprint density at radius 2 is 1.75 bits per heavy atom. The first kappa shape index (κ1) is 18.6. The number of carbonyl (C=O) groups is 2. The Labute approximate surface area is 154 Å². The lowest BCUT2D eigenvalue weighted by Gasteiger charge is -2.07. The first-order valence-electron chi connectivity index (χ1n) is 7.15. The molecule has 0 spiro atoms. The highest BCUT2D eigenvalue weighted by Crippen LogP contribution is 2.29. The minimum absolute atomic E-state index is 0.0541. The highest BCUT2D eigenvalue weighted by molar-refractivity contribution is 8.00. The van der Waals surface area contributed by atoms with E-state index in [1.165, 1.54) is 11.8 Å². The van der Waals surface area contributed by atoms with E-state index in [9.17, 15) is 9.59 Å². The van der Waals surface area contributed by atoms with Gasteiger partial charge in [0, 0.05) is 22.7 Å². The number of likely N-dealkylation sites (N-methyl/N-ethyl adjacent to an activating group) is 1. The van der Waals surface area contributed by atoms with Crippen LogP contribution in [0.5, 0.6) is 0 Å². The summed E-state index contributed by atoms with van der Waals surface area (Å²) in [5, 5.41) is 6.52. The molecular weight excluding hydrogens is 367 g/mol. The van der Waals surface area contributed by atoms with Crippen LogP contribution in [0.3, 0.4) is 0 Å². The Balaban J connectivity index is 1.88. The summed E-state index contributed by atoms with van der Waals surface area (Å²) in [5.74, 6) is 0.0248. The van der Waals surface area contributed by atoms with E-state index >= 15 is 0 Å². The van der Waals surface area contributed by atoms with Crippen LogP contribution in [0, 0.1) is 0 Å². The van der Waals surface area contributed by atoms with E-state index < -0.39 is 0 Å². The number of benzene rings is 2. The zero-order valence-electron chi connectivity index (χ0n) is 12.9. The van der Waals surface area contributed by atoms with Crippen molar-refractivity contribution in [2.75, 3.05) is 18.1 Å². The monoisotopic (exact) mass is 382 g/mol. The molecule has 24 heavy (non-hydrogen) atoms. The van der Waals surface area contributed by atoms with Gasteiger partial charge in [-0.1, -0.05) is 35.3 Å². The van der Waals surface area contributed by atoms with Crippen LogP contribution in [0.4, 0.5) is 5.69 Å². The minimum atomic E-state index is -0.143. The maximum absolute atomic E-state index is 12.0. The van der Waals surface area contributed by atoms with Crippen LogP contribution in [0.15, 0.2) is 47.4 Å². The molecule has 0 bridgehead atoms. The molecule has 2 aromatic carbocycles. The van der Waals surface area contributed by atoms with E-state index in [0.717, 1.165) is 10.5 Å². The molecule has 0 fully saturated rings. The average Bonchev–Trinajstić information content (AvgIpc) is 2.57. The molecular formula is C17H16Cl2N2O2S. The molecule has 7 heteroatoms. The maximum atomic E-state index is 12.0. The molecule has 0 saturated heterocycles. The highest BCUT2D eigenvalue weighted by atomic mass is 35.5. The Bertz CT molecular complexity index is 736. The SMILES string of the molecule is CNC(=O)Cc1ccc(NC(=O)CSc2cc(Cl)ccc2Cl)cc1. The molecule has 0 saturated carbocycles. The van der Waals surface area contributed by atoms with Gasteiger partial charge in [0.1, 0.15) is 0 Å². The quantitative estimate of drug-likeness (QED) is 0.741. The van der Waals surface area contributed by atoms with E-state index in [1.807, 2.05) is 12.1 Å². The summed E-state index contributed by atoms with van der Waals surface area (Å²) >= 11 is 13.3. The van der Waals surface area contributed by atoms with Crippen molar-refractivity contribution in [3.8, 4) is 0 Å². The van der Waals surface area contributed by atoms with Gasteiger partial charge in [0.25, 0.3) is 0 Å². The molecule has 0 unspecified atom stereocenters. The molecule has 0 aromatic heterocycles. The van der Waals surface area contributed by atoms with Crippen molar-refractivity contribution in [1.82, 2.24) is 5.32 Å². The third kappa shape index (κ3) is 5.74. The molecule has 0 aliphatic carbocycles. The summed E-state index contributed by atoms with van der Waals surface area (Å²) in [4.78, 5) is 24.1. The molecule has 0 aliphatic heterocycles. The van der Waals surface area contributed by atoms with Crippen molar-refractivity contribution in [1.29, 1.82) is 0 Å². The first-order chi connectivity index (χ1) is 11.5. The molecule has 0 aliphatic rings. The Morgan fingerprint density at radius 3 is 2.42 bits per heavy atom.